The molecule has 1 aliphatic heterocycles. The normalized spacial score (nSPS) is 15.7. The van der Waals surface area contributed by atoms with Gasteiger partial charge in [-0.25, -0.2) is 4.79 Å². The van der Waals surface area contributed by atoms with Gasteiger partial charge in [-0.1, -0.05) is 52.0 Å². The minimum atomic E-state index is -5.08. The molecule has 3 rings (SSSR count). The second-order valence-electron chi connectivity index (χ2n) is 13.0. The van der Waals surface area contributed by atoms with Gasteiger partial charge in [-0.15, -0.1) is 0 Å². The van der Waals surface area contributed by atoms with E-state index < -0.39 is 22.4 Å². The van der Waals surface area contributed by atoms with Crippen molar-refractivity contribution in [2.24, 2.45) is 5.92 Å². The van der Waals surface area contributed by atoms with Crippen LogP contribution in [-0.2, 0) is 26.8 Å². The van der Waals surface area contributed by atoms with Crippen LogP contribution in [0, 0.1) is 5.92 Å². The van der Waals surface area contributed by atoms with Gasteiger partial charge < -0.3 is 15.3 Å². The van der Waals surface area contributed by atoms with E-state index in [1.54, 1.807) is 18.4 Å². The Kier molecular flexibility index (Phi) is 14.2. The summed E-state index contributed by atoms with van der Waals surface area (Å²) in [5, 5.41) is 10.2. The van der Waals surface area contributed by atoms with Crippen LogP contribution in [0.4, 0.5) is 18.9 Å². The maximum Gasteiger partial charge on any atom is 0.490 e. The maximum absolute atomic E-state index is 12.9. The average Bonchev–Trinajstić information content (AvgIpc) is 2.96. The number of carboxylic acid groups (broad SMARTS) is 1. The summed E-state index contributed by atoms with van der Waals surface area (Å²) < 4.78 is 59.6. The highest BCUT2D eigenvalue weighted by Crippen LogP contribution is 2.25. The SMILES string of the molecule is CCCN(CC1CCN(S(=O)(=O)N(C)C)CC1)C(C)Cc1cccc(NC(=O)c2ccc(C(C)(C)C)cc2)c1.O=C(O)C(F)(F)F. The van der Waals surface area contributed by atoms with Crippen molar-refractivity contribution in [1.82, 2.24) is 13.5 Å². The van der Waals surface area contributed by atoms with Crippen LogP contribution in [-0.4, -0.2) is 91.4 Å². The number of carbonyl (C=O) groups excluding carboxylic acids is 1. The van der Waals surface area contributed by atoms with Crippen LogP contribution in [0.2, 0.25) is 0 Å². The van der Waals surface area contributed by atoms with Gasteiger partial charge in [0.05, 0.1) is 0 Å². The summed E-state index contributed by atoms with van der Waals surface area (Å²) in [7, 11) is -0.147. The number of carbonyl (C=O) groups is 2. The second kappa shape index (κ2) is 16.7. The fraction of sp³-hybridized carbons (Fsp3) is 0.576. The molecular formula is C33H49F3N4O5S. The number of carboxylic acids is 1. The monoisotopic (exact) mass is 670 g/mol. The zero-order chi connectivity index (χ0) is 34.9. The first-order valence-electron chi connectivity index (χ1n) is 15.5. The van der Waals surface area contributed by atoms with E-state index in [0.29, 0.717) is 30.6 Å². The third-order valence-electron chi connectivity index (χ3n) is 7.96. The van der Waals surface area contributed by atoms with Crippen molar-refractivity contribution >= 4 is 27.8 Å². The van der Waals surface area contributed by atoms with Crippen molar-refractivity contribution in [2.75, 3.05) is 45.6 Å². The Hall–Kier alpha value is -3.00. The molecule has 46 heavy (non-hydrogen) atoms. The molecule has 13 heteroatoms. The first-order valence-corrected chi connectivity index (χ1v) is 16.9. The highest BCUT2D eigenvalue weighted by molar-refractivity contribution is 7.86. The van der Waals surface area contributed by atoms with E-state index in [2.05, 4.69) is 57.0 Å². The average molecular weight is 671 g/mol. The molecule has 1 heterocycles. The van der Waals surface area contributed by atoms with Crippen molar-refractivity contribution < 1.29 is 36.3 Å². The van der Waals surface area contributed by atoms with E-state index in [1.807, 2.05) is 36.4 Å². The molecule has 1 unspecified atom stereocenters. The van der Waals surface area contributed by atoms with Gasteiger partial charge >= 0.3 is 12.1 Å². The summed E-state index contributed by atoms with van der Waals surface area (Å²) in [4.78, 5) is 24.3. The highest BCUT2D eigenvalue weighted by Gasteiger charge is 2.38. The van der Waals surface area contributed by atoms with Gasteiger partial charge in [-0.05, 0) is 85.9 Å². The third-order valence-corrected chi connectivity index (χ3v) is 9.90. The summed E-state index contributed by atoms with van der Waals surface area (Å²) >= 11 is 0. The van der Waals surface area contributed by atoms with Crippen LogP contribution in [0.3, 0.4) is 0 Å². The lowest BCUT2D eigenvalue weighted by Gasteiger charge is -2.37. The van der Waals surface area contributed by atoms with E-state index >= 15 is 0 Å². The maximum atomic E-state index is 12.9. The molecule has 1 amide bonds. The molecule has 0 aliphatic carbocycles. The standard InChI is InChI=1S/C31H48N4O3S.C2HF3O2/c1-8-18-34(23-25-16-19-35(20-17-25)39(37,38)33(6)7)24(2)21-26-10-9-11-29(22-26)32-30(36)27-12-14-28(15-13-27)31(3,4)5;3-2(4,5)1(6)7/h9-15,22,24-25H,8,16-21,23H2,1-7H3,(H,32,36);(H,6,7). The van der Waals surface area contributed by atoms with Gasteiger partial charge in [0, 0.05) is 51.0 Å². The molecular weight excluding hydrogens is 621 g/mol. The molecule has 1 atom stereocenters. The highest BCUT2D eigenvalue weighted by atomic mass is 32.2. The van der Waals surface area contributed by atoms with Gasteiger partial charge in [0.2, 0.25) is 0 Å². The van der Waals surface area contributed by atoms with Crippen molar-refractivity contribution in [3.05, 3.63) is 65.2 Å². The number of anilines is 1. The number of nitrogens with one attached hydrogen (secondary N) is 1. The van der Waals surface area contributed by atoms with E-state index in [-0.39, 0.29) is 11.3 Å². The number of halogens is 3. The molecule has 0 radical (unpaired) electrons. The number of aliphatic carboxylic acids is 1. The number of hydrogen-bond acceptors (Lipinski definition) is 5. The molecule has 258 valence electrons. The van der Waals surface area contributed by atoms with Crippen LogP contribution < -0.4 is 5.32 Å². The van der Waals surface area contributed by atoms with Gasteiger partial charge in [0.15, 0.2) is 0 Å². The smallest absolute Gasteiger partial charge is 0.475 e. The zero-order valence-corrected chi connectivity index (χ0v) is 28.7. The van der Waals surface area contributed by atoms with Crippen LogP contribution in [0.25, 0.3) is 0 Å². The van der Waals surface area contributed by atoms with Crippen LogP contribution in [0.1, 0.15) is 75.4 Å². The summed E-state index contributed by atoms with van der Waals surface area (Å²) in [6, 6.07) is 16.3. The molecule has 1 saturated heterocycles. The van der Waals surface area contributed by atoms with E-state index in [9.17, 15) is 26.4 Å². The summed E-state index contributed by atoms with van der Waals surface area (Å²) in [6.07, 6.45) is -1.35. The summed E-state index contributed by atoms with van der Waals surface area (Å²) in [6.45, 7) is 14.1. The number of benzene rings is 2. The zero-order valence-electron chi connectivity index (χ0n) is 27.9. The third kappa shape index (κ3) is 12.0. The minimum Gasteiger partial charge on any atom is -0.475 e. The number of rotatable bonds is 11. The largest absolute Gasteiger partial charge is 0.490 e. The van der Waals surface area contributed by atoms with Crippen LogP contribution in [0.5, 0.6) is 0 Å². The molecule has 1 aliphatic rings. The fourth-order valence-electron chi connectivity index (χ4n) is 5.24. The van der Waals surface area contributed by atoms with Gasteiger partial charge in [0.25, 0.3) is 16.1 Å². The number of alkyl halides is 3. The predicted molar refractivity (Wildman–Crippen MR) is 175 cm³/mol. The van der Waals surface area contributed by atoms with Crippen LogP contribution >= 0.6 is 0 Å². The lowest BCUT2D eigenvalue weighted by atomic mass is 9.87. The molecule has 0 bridgehead atoms. The molecule has 2 aromatic carbocycles. The molecule has 0 aromatic heterocycles. The van der Waals surface area contributed by atoms with Gasteiger partial charge in [0.1, 0.15) is 0 Å². The molecule has 2 N–H and O–H groups in total. The lowest BCUT2D eigenvalue weighted by molar-refractivity contribution is -0.192. The molecule has 9 nitrogen and oxygen atoms in total. The fourth-order valence-corrected chi connectivity index (χ4v) is 6.37. The molecule has 0 spiro atoms. The molecule has 2 aromatic rings. The van der Waals surface area contributed by atoms with Gasteiger partial charge in [-0.3, -0.25) is 4.79 Å². The quantitative estimate of drug-likeness (QED) is 0.302. The Bertz CT molecular complexity index is 1390. The number of hydrogen-bond donors (Lipinski definition) is 2. The summed E-state index contributed by atoms with van der Waals surface area (Å²) in [5.41, 5.74) is 3.91. The first kappa shape index (κ1) is 39.2. The van der Waals surface area contributed by atoms with Crippen molar-refractivity contribution in [3.8, 4) is 0 Å². The second-order valence-corrected chi connectivity index (χ2v) is 15.1. The Balaban J connectivity index is 0.000000942. The topological polar surface area (TPSA) is 110 Å². The van der Waals surface area contributed by atoms with Crippen molar-refractivity contribution in [3.63, 3.8) is 0 Å². The van der Waals surface area contributed by atoms with Gasteiger partial charge in [-0.2, -0.15) is 30.2 Å². The van der Waals surface area contributed by atoms with E-state index in [1.165, 1.54) is 15.4 Å². The Labute approximate surface area is 271 Å². The van der Waals surface area contributed by atoms with E-state index in [4.69, 9.17) is 9.90 Å². The number of amides is 1. The number of nitrogens with zero attached hydrogens (tertiary/aromatic N) is 3. The Morgan fingerprint density at radius 2 is 1.61 bits per heavy atom. The molecule has 1 fully saturated rings. The number of piperidine rings is 1. The summed E-state index contributed by atoms with van der Waals surface area (Å²) in [5.74, 6) is -2.37. The predicted octanol–water partition coefficient (Wildman–Crippen LogP) is 6.03. The molecule has 0 saturated carbocycles. The van der Waals surface area contributed by atoms with Crippen molar-refractivity contribution in [2.45, 2.75) is 77.9 Å². The Morgan fingerprint density at radius 3 is 2.09 bits per heavy atom. The lowest BCUT2D eigenvalue weighted by Crippen LogP contribution is -2.47. The van der Waals surface area contributed by atoms with Crippen LogP contribution in [0.15, 0.2) is 48.5 Å². The minimum absolute atomic E-state index is 0.0513. The Morgan fingerprint density at radius 1 is 1.04 bits per heavy atom. The van der Waals surface area contributed by atoms with E-state index in [0.717, 1.165) is 44.5 Å². The van der Waals surface area contributed by atoms with Crippen molar-refractivity contribution in [1.29, 1.82) is 0 Å². The first-order chi connectivity index (χ1) is 21.2.